The first-order chi connectivity index (χ1) is 11.6. The summed E-state index contributed by atoms with van der Waals surface area (Å²) in [6.07, 6.45) is 3.46. The zero-order valence-electron chi connectivity index (χ0n) is 13.6. The Morgan fingerprint density at radius 1 is 1.25 bits per heavy atom. The predicted octanol–water partition coefficient (Wildman–Crippen LogP) is 1.88. The van der Waals surface area contributed by atoms with E-state index in [0.29, 0.717) is 10.1 Å². The molecule has 1 saturated heterocycles. The second-order valence-corrected chi connectivity index (χ2v) is 6.77. The lowest BCUT2D eigenvalue weighted by atomic mass is 10.2. The van der Waals surface area contributed by atoms with Gasteiger partial charge in [-0.2, -0.15) is 0 Å². The normalized spacial score (nSPS) is 15.2. The lowest BCUT2D eigenvalue weighted by molar-refractivity contribution is -0.880. The van der Waals surface area contributed by atoms with Crippen LogP contribution in [0.15, 0.2) is 42.7 Å². The molecule has 0 radical (unpaired) electrons. The van der Waals surface area contributed by atoms with Gasteiger partial charge in [-0.05, 0) is 42.5 Å². The molecule has 2 heterocycles. The van der Waals surface area contributed by atoms with E-state index in [0.717, 1.165) is 43.2 Å². The fraction of sp³-hybridized carbons (Fsp3) is 0.294. The van der Waals surface area contributed by atoms with Gasteiger partial charge in [-0.3, -0.25) is 4.98 Å². The SMILES string of the molecule is C[NH+]1CCN(c2ccc(Cl)cc2NC(=S)Nc2cccnc2)CC1. The standard InChI is InChI=1S/C17H20ClN5S/c1-22-7-9-23(10-8-22)16-5-4-13(18)11-15(16)21-17(24)20-14-3-2-6-19-12-14/h2-6,11-12H,7-10H2,1H3,(H2,20,21,24)/p+1. The van der Waals surface area contributed by atoms with Crippen molar-refractivity contribution in [1.82, 2.24) is 4.98 Å². The van der Waals surface area contributed by atoms with E-state index in [2.05, 4.69) is 33.6 Å². The van der Waals surface area contributed by atoms with Gasteiger partial charge >= 0.3 is 0 Å². The molecule has 0 amide bonds. The number of aromatic nitrogens is 1. The van der Waals surface area contributed by atoms with Crippen LogP contribution in [0.5, 0.6) is 0 Å². The minimum Gasteiger partial charge on any atom is -0.359 e. The lowest BCUT2D eigenvalue weighted by Gasteiger charge is -2.33. The van der Waals surface area contributed by atoms with Gasteiger partial charge in [-0.15, -0.1) is 0 Å². The Morgan fingerprint density at radius 2 is 2.04 bits per heavy atom. The van der Waals surface area contributed by atoms with Crippen molar-refractivity contribution in [3.8, 4) is 0 Å². The Balaban J connectivity index is 1.74. The molecule has 0 aliphatic carbocycles. The fourth-order valence-electron chi connectivity index (χ4n) is 2.73. The molecule has 0 unspecified atom stereocenters. The van der Waals surface area contributed by atoms with Gasteiger partial charge in [0.2, 0.25) is 0 Å². The van der Waals surface area contributed by atoms with Gasteiger partial charge in [-0.25, -0.2) is 0 Å². The highest BCUT2D eigenvalue weighted by Gasteiger charge is 2.19. The van der Waals surface area contributed by atoms with Gasteiger partial charge < -0.3 is 20.4 Å². The minimum atomic E-state index is 0.520. The van der Waals surface area contributed by atoms with Gasteiger partial charge in [0.1, 0.15) is 0 Å². The molecule has 2 aromatic rings. The quantitative estimate of drug-likeness (QED) is 0.728. The number of hydrogen-bond acceptors (Lipinski definition) is 3. The molecule has 5 nitrogen and oxygen atoms in total. The highest BCUT2D eigenvalue weighted by Crippen LogP contribution is 2.29. The van der Waals surface area contributed by atoms with Crippen LogP contribution in [0.2, 0.25) is 5.02 Å². The Hall–Kier alpha value is -1.89. The Bertz CT molecular complexity index is 701. The number of nitrogens with zero attached hydrogens (tertiary/aromatic N) is 2. The zero-order valence-corrected chi connectivity index (χ0v) is 15.1. The number of quaternary nitrogens is 1. The average Bonchev–Trinajstić information content (AvgIpc) is 2.57. The molecule has 1 aliphatic rings. The van der Waals surface area contributed by atoms with E-state index in [9.17, 15) is 0 Å². The number of halogens is 1. The number of benzene rings is 1. The van der Waals surface area contributed by atoms with Crippen molar-refractivity contribution in [2.45, 2.75) is 0 Å². The number of thiocarbonyl (C=S) groups is 1. The van der Waals surface area contributed by atoms with E-state index >= 15 is 0 Å². The molecule has 1 aromatic carbocycles. The lowest BCUT2D eigenvalue weighted by Crippen LogP contribution is -3.12. The van der Waals surface area contributed by atoms with Gasteiger partial charge in [-0.1, -0.05) is 11.6 Å². The van der Waals surface area contributed by atoms with E-state index in [-0.39, 0.29) is 0 Å². The monoisotopic (exact) mass is 362 g/mol. The number of pyridine rings is 1. The molecular formula is C17H21ClN5S+. The van der Waals surface area contributed by atoms with E-state index in [1.54, 1.807) is 17.3 Å². The van der Waals surface area contributed by atoms with Crippen LogP contribution >= 0.6 is 23.8 Å². The predicted molar refractivity (Wildman–Crippen MR) is 104 cm³/mol. The summed E-state index contributed by atoms with van der Waals surface area (Å²) in [5, 5.41) is 7.61. The van der Waals surface area contributed by atoms with E-state index in [4.69, 9.17) is 23.8 Å². The first kappa shape index (κ1) is 17.0. The summed E-state index contributed by atoms with van der Waals surface area (Å²) in [5.74, 6) is 0. The van der Waals surface area contributed by atoms with Gasteiger partial charge in [0.25, 0.3) is 0 Å². The molecule has 7 heteroatoms. The maximum Gasteiger partial charge on any atom is 0.175 e. The number of hydrogen-bond donors (Lipinski definition) is 3. The molecule has 3 N–H and O–H groups in total. The average molecular weight is 363 g/mol. The highest BCUT2D eigenvalue weighted by molar-refractivity contribution is 7.80. The Labute approximate surface area is 152 Å². The summed E-state index contributed by atoms with van der Waals surface area (Å²) >= 11 is 11.6. The molecule has 0 bridgehead atoms. The Morgan fingerprint density at radius 3 is 2.75 bits per heavy atom. The van der Waals surface area contributed by atoms with Crippen LogP contribution in [0.4, 0.5) is 17.1 Å². The number of rotatable bonds is 3. The molecule has 126 valence electrons. The van der Waals surface area contributed by atoms with Crippen molar-refractivity contribution in [3.05, 3.63) is 47.7 Å². The van der Waals surface area contributed by atoms with Gasteiger partial charge in [0.05, 0.1) is 56.5 Å². The van der Waals surface area contributed by atoms with Crippen LogP contribution in [-0.2, 0) is 0 Å². The number of anilines is 3. The van der Waals surface area contributed by atoms with Crippen molar-refractivity contribution in [3.63, 3.8) is 0 Å². The van der Waals surface area contributed by atoms with E-state index in [1.807, 2.05) is 24.3 Å². The number of likely N-dealkylation sites (N-methyl/N-ethyl adjacent to an activating group) is 1. The van der Waals surface area contributed by atoms with Crippen molar-refractivity contribution in [1.29, 1.82) is 0 Å². The molecule has 0 atom stereocenters. The van der Waals surface area contributed by atoms with Gasteiger partial charge in [0, 0.05) is 11.2 Å². The van der Waals surface area contributed by atoms with Crippen molar-refractivity contribution < 1.29 is 4.90 Å². The first-order valence-corrected chi connectivity index (χ1v) is 8.74. The molecule has 3 rings (SSSR count). The third kappa shape index (κ3) is 4.35. The van der Waals surface area contributed by atoms with Crippen LogP contribution in [0.25, 0.3) is 0 Å². The third-order valence-corrected chi connectivity index (χ3v) is 4.52. The minimum absolute atomic E-state index is 0.520. The summed E-state index contributed by atoms with van der Waals surface area (Å²) in [6, 6.07) is 9.67. The maximum atomic E-state index is 6.19. The second kappa shape index (κ2) is 7.79. The maximum absolute atomic E-state index is 6.19. The van der Waals surface area contributed by atoms with Crippen LogP contribution in [0.1, 0.15) is 0 Å². The first-order valence-electron chi connectivity index (χ1n) is 7.95. The number of piperazine rings is 1. The number of nitrogens with one attached hydrogen (secondary N) is 3. The fourth-order valence-corrected chi connectivity index (χ4v) is 3.13. The molecule has 1 aromatic heterocycles. The third-order valence-electron chi connectivity index (χ3n) is 4.08. The molecule has 24 heavy (non-hydrogen) atoms. The van der Waals surface area contributed by atoms with Gasteiger partial charge in [0.15, 0.2) is 5.11 Å². The van der Waals surface area contributed by atoms with Crippen LogP contribution in [-0.4, -0.2) is 43.3 Å². The smallest absolute Gasteiger partial charge is 0.175 e. The molecular weight excluding hydrogens is 342 g/mol. The molecule has 0 spiro atoms. The van der Waals surface area contributed by atoms with Crippen molar-refractivity contribution in [2.75, 3.05) is 48.8 Å². The second-order valence-electron chi connectivity index (χ2n) is 5.93. The van der Waals surface area contributed by atoms with E-state index < -0.39 is 0 Å². The largest absolute Gasteiger partial charge is 0.359 e. The Kier molecular flexibility index (Phi) is 5.50. The molecule has 1 fully saturated rings. The highest BCUT2D eigenvalue weighted by atomic mass is 35.5. The zero-order chi connectivity index (χ0) is 16.9. The summed E-state index contributed by atoms with van der Waals surface area (Å²) in [4.78, 5) is 8.01. The summed E-state index contributed by atoms with van der Waals surface area (Å²) in [5.41, 5.74) is 2.90. The van der Waals surface area contributed by atoms with Crippen LogP contribution < -0.4 is 20.4 Å². The molecule has 1 aliphatic heterocycles. The van der Waals surface area contributed by atoms with Crippen molar-refractivity contribution >= 4 is 46.0 Å². The van der Waals surface area contributed by atoms with Crippen LogP contribution in [0.3, 0.4) is 0 Å². The summed E-state index contributed by atoms with van der Waals surface area (Å²) < 4.78 is 0. The van der Waals surface area contributed by atoms with Crippen LogP contribution in [0, 0.1) is 0 Å². The molecule has 0 saturated carbocycles. The van der Waals surface area contributed by atoms with Crippen molar-refractivity contribution in [2.24, 2.45) is 0 Å². The summed E-state index contributed by atoms with van der Waals surface area (Å²) in [7, 11) is 2.23. The topological polar surface area (TPSA) is 44.6 Å². The van der Waals surface area contributed by atoms with E-state index in [1.165, 1.54) is 0 Å². The summed E-state index contributed by atoms with van der Waals surface area (Å²) in [6.45, 7) is 4.29.